The molecule has 0 spiro atoms. The highest BCUT2D eigenvalue weighted by molar-refractivity contribution is 9.10. The van der Waals surface area contributed by atoms with Crippen LogP contribution >= 0.6 is 27.3 Å². The van der Waals surface area contributed by atoms with Crippen LogP contribution in [0, 0.1) is 0 Å². The van der Waals surface area contributed by atoms with Crippen molar-refractivity contribution < 1.29 is 14.3 Å². The fraction of sp³-hybridized carbons (Fsp3) is 0.238. The average molecular weight is 459 g/mol. The van der Waals surface area contributed by atoms with Crippen LogP contribution in [-0.4, -0.2) is 17.2 Å². The zero-order valence-corrected chi connectivity index (χ0v) is 17.5. The van der Waals surface area contributed by atoms with Crippen molar-refractivity contribution >= 4 is 44.4 Å². The number of aromatic hydroxyl groups is 1. The van der Waals surface area contributed by atoms with Crippen LogP contribution in [0.1, 0.15) is 45.0 Å². The fourth-order valence-corrected chi connectivity index (χ4v) is 4.91. The molecule has 0 aliphatic heterocycles. The molecule has 0 saturated carbocycles. The summed E-state index contributed by atoms with van der Waals surface area (Å²) in [5.74, 6) is 0.785. The van der Waals surface area contributed by atoms with Crippen LogP contribution in [0.25, 0.3) is 0 Å². The molecule has 7 heteroatoms. The van der Waals surface area contributed by atoms with E-state index in [4.69, 9.17) is 4.42 Å². The molecule has 1 aliphatic carbocycles. The molecule has 0 bridgehead atoms. The normalized spacial score (nSPS) is 13.6. The predicted molar refractivity (Wildman–Crippen MR) is 114 cm³/mol. The van der Waals surface area contributed by atoms with Crippen LogP contribution in [0.5, 0.6) is 5.75 Å². The summed E-state index contributed by atoms with van der Waals surface area (Å²) in [6.45, 7) is 0.352. The van der Waals surface area contributed by atoms with Crippen molar-refractivity contribution in [3.8, 4) is 5.75 Å². The monoisotopic (exact) mass is 458 g/mol. The zero-order chi connectivity index (χ0) is 19.5. The number of halogens is 1. The number of carbonyl (C=O) groups excluding carboxylic acids is 1. The molecule has 4 rings (SSSR count). The lowest BCUT2D eigenvalue weighted by molar-refractivity contribution is 0.0948. The molecule has 2 aromatic heterocycles. The van der Waals surface area contributed by atoms with E-state index in [1.54, 1.807) is 48.1 Å². The third kappa shape index (κ3) is 4.05. The van der Waals surface area contributed by atoms with Gasteiger partial charge in [0.05, 0.1) is 22.8 Å². The lowest BCUT2D eigenvalue weighted by Crippen LogP contribution is -2.23. The number of amides is 1. The summed E-state index contributed by atoms with van der Waals surface area (Å²) in [7, 11) is 0. The van der Waals surface area contributed by atoms with Crippen molar-refractivity contribution in [3.63, 3.8) is 0 Å². The summed E-state index contributed by atoms with van der Waals surface area (Å²) < 4.78 is 5.91. The van der Waals surface area contributed by atoms with Crippen LogP contribution in [0.15, 0.2) is 50.5 Å². The Bertz CT molecular complexity index is 1020. The molecule has 144 valence electrons. The van der Waals surface area contributed by atoms with Crippen molar-refractivity contribution in [2.75, 3.05) is 0 Å². The van der Waals surface area contributed by atoms with Gasteiger partial charge >= 0.3 is 0 Å². The van der Waals surface area contributed by atoms with Crippen LogP contribution in [-0.2, 0) is 19.4 Å². The van der Waals surface area contributed by atoms with Gasteiger partial charge in [-0.15, -0.1) is 11.3 Å². The van der Waals surface area contributed by atoms with Crippen molar-refractivity contribution in [1.29, 1.82) is 0 Å². The number of phenols is 1. The molecular weight excluding hydrogens is 440 g/mol. The maximum Gasteiger partial charge on any atom is 0.255 e. The molecule has 0 saturated heterocycles. The number of thiophene rings is 1. The van der Waals surface area contributed by atoms with Crippen LogP contribution in [0.4, 0.5) is 5.00 Å². The third-order valence-electron chi connectivity index (χ3n) is 4.69. The summed E-state index contributed by atoms with van der Waals surface area (Å²) in [5, 5.41) is 13.3. The second kappa shape index (κ2) is 8.32. The van der Waals surface area contributed by atoms with E-state index in [1.807, 2.05) is 6.07 Å². The van der Waals surface area contributed by atoms with E-state index in [0.29, 0.717) is 16.6 Å². The van der Waals surface area contributed by atoms with Crippen LogP contribution in [0.3, 0.4) is 0 Å². The Hall–Kier alpha value is -2.38. The van der Waals surface area contributed by atoms with E-state index in [2.05, 4.69) is 26.2 Å². The first-order valence-corrected chi connectivity index (χ1v) is 10.7. The first-order chi connectivity index (χ1) is 13.6. The molecule has 28 heavy (non-hydrogen) atoms. The van der Waals surface area contributed by atoms with E-state index in [-0.39, 0.29) is 11.7 Å². The van der Waals surface area contributed by atoms with Gasteiger partial charge in [-0.1, -0.05) is 0 Å². The molecule has 1 aromatic carbocycles. The van der Waals surface area contributed by atoms with Gasteiger partial charge in [0.15, 0.2) is 0 Å². The number of hydrogen-bond acceptors (Lipinski definition) is 5. The molecule has 0 atom stereocenters. The number of nitrogens with one attached hydrogen (secondary N) is 1. The maximum atomic E-state index is 12.9. The van der Waals surface area contributed by atoms with E-state index >= 15 is 0 Å². The number of aliphatic imine (C=N–C) groups is 1. The minimum absolute atomic E-state index is 0.116. The van der Waals surface area contributed by atoms with E-state index in [0.717, 1.165) is 47.6 Å². The summed E-state index contributed by atoms with van der Waals surface area (Å²) in [6.07, 6.45) is 7.48. The van der Waals surface area contributed by atoms with E-state index in [9.17, 15) is 9.90 Å². The van der Waals surface area contributed by atoms with Gasteiger partial charge in [0.1, 0.15) is 16.5 Å². The minimum Gasteiger partial charge on any atom is -0.507 e. The van der Waals surface area contributed by atoms with Crippen molar-refractivity contribution in [2.45, 2.75) is 32.2 Å². The molecule has 2 heterocycles. The molecule has 0 radical (unpaired) electrons. The molecule has 1 amide bonds. The average Bonchev–Trinajstić information content (AvgIpc) is 3.34. The Morgan fingerprint density at radius 1 is 1.32 bits per heavy atom. The minimum atomic E-state index is -0.116. The molecular formula is C21H19BrN2O3S. The second-order valence-corrected chi connectivity index (χ2v) is 8.56. The zero-order valence-electron chi connectivity index (χ0n) is 15.1. The highest BCUT2D eigenvalue weighted by Gasteiger charge is 2.25. The molecule has 5 nitrogen and oxygen atoms in total. The fourth-order valence-electron chi connectivity index (χ4n) is 3.28. The van der Waals surface area contributed by atoms with Crippen molar-refractivity contribution in [2.24, 2.45) is 4.99 Å². The summed E-state index contributed by atoms with van der Waals surface area (Å²) in [4.78, 5) is 18.8. The number of carbonyl (C=O) groups is 1. The third-order valence-corrected chi connectivity index (χ3v) is 6.52. The number of furan rings is 1. The molecule has 3 aromatic rings. The summed E-state index contributed by atoms with van der Waals surface area (Å²) >= 11 is 4.91. The Kier molecular flexibility index (Phi) is 5.64. The van der Waals surface area contributed by atoms with Gasteiger partial charge < -0.3 is 14.8 Å². The van der Waals surface area contributed by atoms with E-state index in [1.165, 1.54) is 4.88 Å². The van der Waals surface area contributed by atoms with Crippen LogP contribution < -0.4 is 5.32 Å². The molecule has 0 fully saturated rings. The quantitative estimate of drug-likeness (QED) is 0.504. The molecule has 2 N–H and O–H groups in total. The van der Waals surface area contributed by atoms with Gasteiger partial charge in [-0.3, -0.25) is 4.79 Å². The largest absolute Gasteiger partial charge is 0.507 e. The number of fused-ring (bicyclic) bond motifs is 1. The Morgan fingerprint density at radius 3 is 2.96 bits per heavy atom. The van der Waals surface area contributed by atoms with Gasteiger partial charge in [-0.25, -0.2) is 4.99 Å². The molecule has 1 aliphatic rings. The summed E-state index contributed by atoms with van der Waals surface area (Å²) in [6, 6.07) is 8.84. The van der Waals surface area contributed by atoms with Gasteiger partial charge in [-0.05, 0) is 83.1 Å². The Morgan fingerprint density at radius 2 is 2.18 bits per heavy atom. The van der Waals surface area contributed by atoms with Gasteiger partial charge in [0.25, 0.3) is 5.91 Å². The smallest absolute Gasteiger partial charge is 0.255 e. The highest BCUT2D eigenvalue weighted by atomic mass is 79.9. The number of hydrogen-bond donors (Lipinski definition) is 2. The number of nitrogens with zero attached hydrogens (tertiary/aromatic N) is 1. The highest BCUT2D eigenvalue weighted by Crippen LogP contribution is 2.40. The number of rotatable bonds is 5. The number of phenolic OH excluding ortho intramolecular Hbond substituents is 1. The maximum absolute atomic E-state index is 12.9. The topological polar surface area (TPSA) is 74.8 Å². The first-order valence-electron chi connectivity index (χ1n) is 9.09. The SMILES string of the molecule is O=C(NCc1ccco1)c1c(N=Cc2ccc(O)c(Br)c2)sc2c1CCCC2. The van der Waals surface area contributed by atoms with Gasteiger partial charge in [0.2, 0.25) is 0 Å². The number of benzene rings is 1. The second-order valence-electron chi connectivity index (χ2n) is 6.62. The van der Waals surface area contributed by atoms with Gasteiger partial charge in [0, 0.05) is 11.1 Å². The summed E-state index contributed by atoms with van der Waals surface area (Å²) in [5.41, 5.74) is 2.66. The standard InChI is InChI=1S/C21H19BrN2O3S/c22-16-10-13(7-8-17(16)25)11-24-21-19(15-5-1-2-6-18(15)28-21)20(26)23-12-14-4-3-9-27-14/h3-4,7-11,25H,1-2,5-6,12H2,(H,23,26). The van der Waals surface area contributed by atoms with Gasteiger partial charge in [-0.2, -0.15) is 0 Å². The van der Waals surface area contributed by atoms with E-state index < -0.39 is 0 Å². The van der Waals surface area contributed by atoms with Crippen molar-refractivity contribution in [1.82, 2.24) is 5.32 Å². The molecule has 0 unspecified atom stereocenters. The van der Waals surface area contributed by atoms with Crippen molar-refractivity contribution in [3.05, 3.63) is 68.4 Å². The Labute approximate surface area is 175 Å². The number of aryl methyl sites for hydroxylation is 1. The first kappa shape index (κ1) is 19.0. The predicted octanol–water partition coefficient (Wildman–Crippen LogP) is 5.37. The van der Waals surface area contributed by atoms with Crippen LogP contribution in [0.2, 0.25) is 0 Å². The lowest BCUT2D eigenvalue weighted by Gasteiger charge is -2.12. The Balaban J connectivity index is 1.62. The lowest BCUT2D eigenvalue weighted by atomic mass is 9.95.